The van der Waals surface area contributed by atoms with E-state index in [0.717, 1.165) is 10.2 Å². The van der Waals surface area contributed by atoms with Crippen molar-refractivity contribution in [1.82, 2.24) is 4.57 Å². The number of carbonyl (C=O) groups excluding carboxylic acids is 2. The van der Waals surface area contributed by atoms with Crippen LogP contribution in [0, 0.1) is 0 Å². The normalized spacial score (nSPS) is 12.3. The second-order valence-corrected chi connectivity index (χ2v) is 9.19. The summed E-state index contributed by atoms with van der Waals surface area (Å²) in [6, 6.07) is 11.1. The zero-order chi connectivity index (χ0) is 20.5. The molecule has 146 valence electrons. The second-order valence-electron chi connectivity index (χ2n) is 5.93. The average Bonchev–Trinajstić information content (AvgIpc) is 3.02. The topological polar surface area (TPSA) is 94.8 Å². The molecular formula is C19H18N2O5S2. The van der Waals surface area contributed by atoms with Crippen LogP contribution in [0.1, 0.15) is 27.6 Å². The third-order valence-electron chi connectivity index (χ3n) is 4.26. The lowest BCUT2D eigenvalue weighted by atomic mass is 10.2. The number of aryl methyl sites for hydroxylation is 1. The molecule has 9 heteroatoms. The van der Waals surface area contributed by atoms with Crippen LogP contribution < -0.4 is 4.80 Å². The standard InChI is InChI=1S/C19H18N2O5S2/c1-4-28(24,25)16-8-6-5-7-13(16)17(22)20-19-21(2)14-10-9-12(18(23)26-3)11-15(14)27-19/h5-11H,4H2,1-3H3. The highest BCUT2D eigenvalue weighted by molar-refractivity contribution is 7.91. The van der Waals surface area contributed by atoms with Gasteiger partial charge in [-0.2, -0.15) is 4.99 Å². The molecule has 7 nitrogen and oxygen atoms in total. The molecule has 3 rings (SSSR count). The number of carbonyl (C=O) groups is 2. The molecular weight excluding hydrogens is 400 g/mol. The minimum absolute atomic E-state index is 0.0250. The molecule has 0 fully saturated rings. The van der Waals surface area contributed by atoms with Crippen LogP contribution in [0.25, 0.3) is 10.2 Å². The number of amides is 1. The number of ether oxygens (including phenoxy) is 1. The summed E-state index contributed by atoms with van der Waals surface area (Å²) in [5.74, 6) is -1.20. The van der Waals surface area contributed by atoms with Crippen molar-refractivity contribution >= 4 is 43.3 Å². The molecule has 0 aliphatic carbocycles. The van der Waals surface area contributed by atoms with Crippen LogP contribution in [0.3, 0.4) is 0 Å². The van der Waals surface area contributed by atoms with E-state index in [1.54, 1.807) is 41.9 Å². The number of rotatable bonds is 4. The highest BCUT2D eigenvalue weighted by Gasteiger charge is 2.20. The van der Waals surface area contributed by atoms with Gasteiger partial charge in [-0.15, -0.1) is 0 Å². The van der Waals surface area contributed by atoms with E-state index in [1.807, 2.05) is 0 Å². The highest BCUT2D eigenvalue weighted by atomic mass is 32.2. The van der Waals surface area contributed by atoms with E-state index in [0.29, 0.717) is 10.4 Å². The van der Waals surface area contributed by atoms with Gasteiger partial charge in [-0.25, -0.2) is 13.2 Å². The number of fused-ring (bicyclic) bond motifs is 1. The lowest BCUT2D eigenvalue weighted by molar-refractivity contribution is 0.0600. The van der Waals surface area contributed by atoms with Gasteiger partial charge < -0.3 is 9.30 Å². The Morgan fingerprint density at radius 3 is 2.57 bits per heavy atom. The number of esters is 1. The summed E-state index contributed by atoms with van der Waals surface area (Å²) in [5, 5.41) is 0. The number of sulfone groups is 1. The molecule has 2 aromatic carbocycles. The minimum atomic E-state index is -3.55. The Morgan fingerprint density at radius 1 is 1.18 bits per heavy atom. The fraction of sp³-hybridized carbons (Fsp3) is 0.211. The maximum absolute atomic E-state index is 12.7. The quantitative estimate of drug-likeness (QED) is 0.607. The molecule has 0 bridgehead atoms. The van der Waals surface area contributed by atoms with Gasteiger partial charge >= 0.3 is 5.97 Å². The average molecular weight is 418 g/mol. The van der Waals surface area contributed by atoms with Gasteiger partial charge in [0.15, 0.2) is 14.6 Å². The third kappa shape index (κ3) is 3.63. The van der Waals surface area contributed by atoms with Gasteiger partial charge in [-0.3, -0.25) is 4.79 Å². The first-order valence-electron chi connectivity index (χ1n) is 8.37. The molecule has 3 aromatic rings. The van der Waals surface area contributed by atoms with Gasteiger partial charge in [0.2, 0.25) is 0 Å². The summed E-state index contributed by atoms with van der Waals surface area (Å²) >= 11 is 1.23. The number of thiazole rings is 1. The molecule has 0 atom stereocenters. The van der Waals surface area contributed by atoms with Crippen molar-refractivity contribution in [3.05, 3.63) is 58.4 Å². The van der Waals surface area contributed by atoms with Crippen molar-refractivity contribution in [3.8, 4) is 0 Å². The highest BCUT2D eigenvalue weighted by Crippen LogP contribution is 2.20. The Kier molecular flexibility index (Phi) is 5.48. The summed E-state index contributed by atoms with van der Waals surface area (Å²) in [6.07, 6.45) is 0. The van der Waals surface area contributed by atoms with Crippen LogP contribution >= 0.6 is 11.3 Å². The predicted molar refractivity (Wildman–Crippen MR) is 106 cm³/mol. The maximum atomic E-state index is 12.7. The van der Waals surface area contributed by atoms with E-state index in [2.05, 4.69) is 4.99 Å². The van der Waals surface area contributed by atoms with Crippen molar-refractivity contribution in [2.24, 2.45) is 12.0 Å². The Morgan fingerprint density at radius 2 is 1.89 bits per heavy atom. The number of hydrogen-bond donors (Lipinski definition) is 0. The number of benzene rings is 2. The van der Waals surface area contributed by atoms with Crippen LogP contribution in [-0.2, 0) is 21.6 Å². The summed E-state index contributed by atoms with van der Waals surface area (Å²) in [4.78, 5) is 28.9. The second kappa shape index (κ2) is 7.69. The van der Waals surface area contributed by atoms with E-state index in [4.69, 9.17) is 4.74 Å². The lowest BCUT2D eigenvalue weighted by Gasteiger charge is -2.05. The Labute approximate surface area is 165 Å². The number of methoxy groups -OCH3 is 1. The Hall–Kier alpha value is -2.78. The Bertz CT molecular complexity index is 1250. The zero-order valence-electron chi connectivity index (χ0n) is 15.5. The molecule has 1 aromatic heterocycles. The van der Waals surface area contributed by atoms with E-state index in [1.165, 1.54) is 37.5 Å². The number of hydrogen-bond acceptors (Lipinski definition) is 6. The number of aromatic nitrogens is 1. The Balaban J connectivity index is 2.12. The molecule has 0 saturated heterocycles. The van der Waals surface area contributed by atoms with Gasteiger partial charge in [0, 0.05) is 7.05 Å². The first-order chi connectivity index (χ1) is 13.3. The van der Waals surface area contributed by atoms with Crippen molar-refractivity contribution < 1.29 is 22.7 Å². The first-order valence-corrected chi connectivity index (χ1v) is 10.8. The minimum Gasteiger partial charge on any atom is -0.465 e. The summed E-state index contributed by atoms with van der Waals surface area (Å²) < 4.78 is 31.8. The first kappa shape index (κ1) is 20.0. The monoisotopic (exact) mass is 418 g/mol. The maximum Gasteiger partial charge on any atom is 0.337 e. The molecule has 0 spiro atoms. The molecule has 0 unspecified atom stereocenters. The fourth-order valence-electron chi connectivity index (χ4n) is 2.70. The fourth-order valence-corrected chi connectivity index (χ4v) is 4.85. The van der Waals surface area contributed by atoms with Gasteiger partial charge in [0.05, 0.1) is 39.1 Å². The van der Waals surface area contributed by atoms with Crippen LogP contribution in [0.5, 0.6) is 0 Å². The van der Waals surface area contributed by atoms with Gasteiger partial charge in [-0.05, 0) is 30.3 Å². The smallest absolute Gasteiger partial charge is 0.337 e. The van der Waals surface area contributed by atoms with E-state index in [-0.39, 0.29) is 16.2 Å². The molecule has 0 aliphatic heterocycles. The molecule has 1 amide bonds. The van der Waals surface area contributed by atoms with Crippen molar-refractivity contribution in [1.29, 1.82) is 0 Å². The van der Waals surface area contributed by atoms with Gasteiger partial charge in [0.25, 0.3) is 5.91 Å². The van der Waals surface area contributed by atoms with Crippen molar-refractivity contribution in [3.63, 3.8) is 0 Å². The van der Waals surface area contributed by atoms with Gasteiger partial charge in [-0.1, -0.05) is 30.4 Å². The van der Waals surface area contributed by atoms with E-state index >= 15 is 0 Å². The van der Waals surface area contributed by atoms with E-state index < -0.39 is 21.7 Å². The number of nitrogens with zero attached hydrogens (tertiary/aromatic N) is 2. The predicted octanol–water partition coefficient (Wildman–Crippen LogP) is 2.56. The van der Waals surface area contributed by atoms with Crippen LogP contribution in [0.4, 0.5) is 0 Å². The molecule has 0 radical (unpaired) electrons. The molecule has 0 aliphatic rings. The van der Waals surface area contributed by atoms with E-state index in [9.17, 15) is 18.0 Å². The summed E-state index contributed by atoms with van der Waals surface area (Å²) in [6.45, 7) is 1.53. The van der Waals surface area contributed by atoms with Crippen LogP contribution in [0.15, 0.2) is 52.4 Å². The third-order valence-corrected chi connectivity index (χ3v) is 7.14. The van der Waals surface area contributed by atoms with Crippen molar-refractivity contribution in [2.75, 3.05) is 12.9 Å². The molecule has 1 heterocycles. The summed E-state index contributed by atoms with van der Waals surface area (Å²) in [5.41, 5.74) is 1.23. The largest absolute Gasteiger partial charge is 0.465 e. The lowest BCUT2D eigenvalue weighted by Crippen LogP contribution is -2.15. The molecule has 28 heavy (non-hydrogen) atoms. The summed E-state index contributed by atoms with van der Waals surface area (Å²) in [7, 11) is -0.499. The zero-order valence-corrected chi connectivity index (χ0v) is 17.1. The van der Waals surface area contributed by atoms with Crippen LogP contribution in [-0.4, -0.2) is 37.7 Å². The molecule has 0 N–H and O–H groups in total. The SMILES string of the molecule is CCS(=O)(=O)c1ccccc1C(=O)N=c1sc2cc(C(=O)OC)ccc2n1C. The molecule has 0 saturated carbocycles. The van der Waals surface area contributed by atoms with Crippen LogP contribution in [0.2, 0.25) is 0 Å². The van der Waals surface area contributed by atoms with Crippen molar-refractivity contribution in [2.45, 2.75) is 11.8 Å². The van der Waals surface area contributed by atoms with Gasteiger partial charge in [0.1, 0.15) is 0 Å².